The first-order valence-electron chi connectivity index (χ1n) is 4.37. The number of hydrogen-bond donors (Lipinski definition) is 2. The Morgan fingerprint density at radius 2 is 2.50 bits per heavy atom. The van der Waals surface area contributed by atoms with Crippen molar-refractivity contribution >= 4 is 5.91 Å². The van der Waals surface area contributed by atoms with E-state index in [-0.39, 0.29) is 6.61 Å². The molecule has 5 heteroatoms. The molecule has 5 nitrogen and oxygen atoms in total. The number of rotatable bonds is 7. The van der Waals surface area contributed by atoms with Crippen molar-refractivity contribution in [1.29, 1.82) is 0 Å². The van der Waals surface area contributed by atoms with E-state index < -0.39 is 5.91 Å². The average Bonchev–Trinajstić information content (AvgIpc) is 2.63. The molecule has 14 heavy (non-hydrogen) atoms. The Kier molecular flexibility index (Phi) is 4.74. The van der Waals surface area contributed by atoms with Gasteiger partial charge in [0.1, 0.15) is 6.61 Å². The van der Waals surface area contributed by atoms with Gasteiger partial charge in [0, 0.05) is 18.7 Å². The third kappa shape index (κ3) is 4.64. The van der Waals surface area contributed by atoms with Crippen LogP contribution in [0.15, 0.2) is 23.0 Å². The highest BCUT2D eigenvalue weighted by atomic mass is 16.5. The molecule has 0 bridgehead atoms. The highest BCUT2D eigenvalue weighted by Gasteiger charge is 1.95. The minimum atomic E-state index is -0.445. The number of nitrogens with two attached hydrogens (primary N) is 1. The van der Waals surface area contributed by atoms with Crippen LogP contribution in [0.4, 0.5) is 0 Å². The molecular formula is C9H14N2O3. The van der Waals surface area contributed by atoms with Crippen molar-refractivity contribution in [3.8, 4) is 0 Å². The van der Waals surface area contributed by atoms with Crippen molar-refractivity contribution in [2.75, 3.05) is 19.8 Å². The van der Waals surface area contributed by atoms with E-state index in [0.717, 1.165) is 12.1 Å². The van der Waals surface area contributed by atoms with E-state index in [1.807, 2.05) is 6.07 Å². The lowest BCUT2D eigenvalue weighted by molar-refractivity contribution is -0.122. The molecule has 0 spiro atoms. The van der Waals surface area contributed by atoms with Crippen molar-refractivity contribution in [2.45, 2.75) is 6.54 Å². The van der Waals surface area contributed by atoms with Gasteiger partial charge in [0.15, 0.2) is 0 Å². The van der Waals surface area contributed by atoms with Gasteiger partial charge in [-0.15, -0.1) is 0 Å². The van der Waals surface area contributed by atoms with Crippen LogP contribution in [0.1, 0.15) is 5.56 Å². The molecule has 0 aliphatic carbocycles. The number of furan rings is 1. The summed E-state index contributed by atoms with van der Waals surface area (Å²) in [6, 6.07) is 1.89. The maximum Gasteiger partial charge on any atom is 0.243 e. The molecule has 1 rings (SSSR count). The number of carbonyl (C=O) groups is 1. The molecule has 0 aliphatic rings. The van der Waals surface area contributed by atoms with Gasteiger partial charge in [-0.05, 0) is 6.07 Å². The maximum absolute atomic E-state index is 10.3. The fourth-order valence-electron chi connectivity index (χ4n) is 0.943. The van der Waals surface area contributed by atoms with Crippen LogP contribution in [0.3, 0.4) is 0 Å². The standard InChI is InChI=1S/C9H14N2O3/c10-9(12)7-14-4-2-11-5-8-1-3-13-6-8/h1,3,6,11H,2,4-5,7H2,(H2,10,12). The number of hydrogen-bond acceptors (Lipinski definition) is 4. The van der Waals surface area contributed by atoms with Crippen LogP contribution in [0.2, 0.25) is 0 Å². The molecule has 0 saturated heterocycles. The van der Waals surface area contributed by atoms with Gasteiger partial charge in [0.25, 0.3) is 0 Å². The second kappa shape index (κ2) is 6.17. The summed E-state index contributed by atoms with van der Waals surface area (Å²) in [7, 11) is 0. The van der Waals surface area contributed by atoms with Gasteiger partial charge in [-0.3, -0.25) is 4.79 Å². The summed E-state index contributed by atoms with van der Waals surface area (Å²) in [6.07, 6.45) is 3.30. The zero-order valence-corrected chi connectivity index (χ0v) is 7.86. The second-order valence-corrected chi connectivity index (χ2v) is 2.83. The Balaban J connectivity index is 1.92. The summed E-state index contributed by atoms with van der Waals surface area (Å²) in [4.78, 5) is 10.3. The predicted molar refractivity (Wildman–Crippen MR) is 50.4 cm³/mol. The lowest BCUT2D eigenvalue weighted by Gasteiger charge is -2.02. The highest BCUT2D eigenvalue weighted by molar-refractivity contribution is 5.74. The third-order valence-corrected chi connectivity index (χ3v) is 1.58. The van der Waals surface area contributed by atoms with Gasteiger partial charge in [0.2, 0.25) is 5.91 Å². The average molecular weight is 198 g/mol. The van der Waals surface area contributed by atoms with E-state index in [4.69, 9.17) is 14.9 Å². The summed E-state index contributed by atoms with van der Waals surface area (Å²) < 4.78 is 9.85. The largest absolute Gasteiger partial charge is 0.472 e. The molecule has 1 amide bonds. The van der Waals surface area contributed by atoms with Gasteiger partial charge in [-0.25, -0.2) is 0 Å². The van der Waals surface area contributed by atoms with Crippen LogP contribution in [0.5, 0.6) is 0 Å². The van der Waals surface area contributed by atoms with E-state index in [1.54, 1.807) is 12.5 Å². The van der Waals surface area contributed by atoms with Crippen molar-refractivity contribution < 1.29 is 13.9 Å². The quantitative estimate of drug-likeness (QED) is 0.598. The summed E-state index contributed by atoms with van der Waals surface area (Å²) >= 11 is 0. The molecule has 0 atom stereocenters. The molecule has 3 N–H and O–H groups in total. The first-order chi connectivity index (χ1) is 6.79. The molecule has 1 aromatic heterocycles. The first-order valence-corrected chi connectivity index (χ1v) is 4.37. The number of primary amides is 1. The van der Waals surface area contributed by atoms with Gasteiger partial charge in [0.05, 0.1) is 19.1 Å². The lowest BCUT2D eigenvalue weighted by Crippen LogP contribution is -2.23. The Labute approximate surface area is 82.2 Å². The van der Waals surface area contributed by atoms with Crippen LogP contribution < -0.4 is 11.1 Å². The SMILES string of the molecule is NC(=O)COCCNCc1ccoc1. The Morgan fingerprint density at radius 3 is 3.14 bits per heavy atom. The van der Waals surface area contributed by atoms with E-state index >= 15 is 0 Å². The summed E-state index contributed by atoms with van der Waals surface area (Å²) in [6.45, 7) is 1.86. The van der Waals surface area contributed by atoms with Crippen molar-refractivity contribution in [3.05, 3.63) is 24.2 Å². The Morgan fingerprint density at radius 1 is 1.64 bits per heavy atom. The van der Waals surface area contributed by atoms with Gasteiger partial charge >= 0.3 is 0 Å². The normalized spacial score (nSPS) is 10.3. The Bertz CT molecular complexity index is 259. The molecule has 1 aromatic rings. The molecule has 0 aliphatic heterocycles. The molecule has 0 saturated carbocycles. The summed E-state index contributed by atoms with van der Waals surface area (Å²) in [5, 5.41) is 3.12. The zero-order chi connectivity index (χ0) is 10.2. The zero-order valence-electron chi connectivity index (χ0n) is 7.86. The minimum Gasteiger partial charge on any atom is -0.472 e. The molecule has 0 unspecified atom stereocenters. The van der Waals surface area contributed by atoms with Crippen LogP contribution in [0.25, 0.3) is 0 Å². The molecule has 1 heterocycles. The first kappa shape index (κ1) is 10.7. The fourth-order valence-corrected chi connectivity index (χ4v) is 0.943. The summed E-state index contributed by atoms with van der Waals surface area (Å²) in [5.74, 6) is -0.445. The van der Waals surface area contributed by atoms with Crippen molar-refractivity contribution in [2.24, 2.45) is 5.73 Å². The number of amides is 1. The monoisotopic (exact) mass is 198 g/mol. The van der Waals surface area contributed by atoms with Crippen molar-refractivity contribution in [3.63, 3.8) is 0 Å². The minimum absolute atomic E-state index is 0.0204. The van der Waals surface area contributed by atoms with E-state index in [9.17, 15) is 4.79 Å². The lowest BCUT2D eigenvalue weighted by atomic mass is 10.3. The summed E-state index contributed by atoms with van der Waals surface area (Å²) in [5.41, 5.74) is 5.97. The van der Waals surface area contributed by atoms with Gasteiger partial charge in [-0.2, -0.15) is 0 Å². The highest BCUT2D eigenvalue weighted by Crippen LogP contribution is 1.97. The molecule has 78 valence electrons. The molecule has 0 aromatic carbocycles. The topological polar surface area (TPSA) is 77.5 Å². The molecule has 0 fully saturated rings. The maximum atomic E-state index is 10.3. The number of carbonyl (C=O) groups excluding carboxylic acids is 1. The number of ether oxygens (including phenoxy) is 1. The van der Waals surface area contributed by atoms with Crippen LogP contribution in [-0.4, -0.2) is 25.7 Å². The van der Waals surface area contributed by atoms with Gasteiger partial charge in [-0.1, -0.05) is 0 Å². The predicted octanol–water partition coefficient (Wildman–Crippen LogP) is -0.129. The van der Waals surface area contributed by atoms with Crippen LogP contribution in [-0.2, 0) is 16.1 Å². The van der Waals surface area contributed by atoms with E-state index in [1.165, 1.54) is 0 Å². The van der Waals surface area contributed by atoms with Crippen LogP contribution >= 0.6 is 0 Å². The Hall–Kier alpha value is -1.33. The molecule has 0 radical (unpaired) electrons. The smallest absolute Gasteiger partial charge is 0.243 e. The van der Waals surface area contributed by atoms with E-state index in [2.05, 4.69) is 5.32 Å². The number of nitrogens with one attached hydrogen (secondary N) is 1. The van der Waals surface area contributed by atoms with Crippen molar-refractivity contribution in [1.82, 2.24) is 5.32 Å². The van der Waals surface area contributed by atoms with E-state index in [0.29, 0.717) is 13.2 Å². The molecular weight excluding hydrogens is 184 g/mol. The second-order valence-electron chi connectivity index (χ2n) is 2.83. The third-order valence-electron chi connectivity index (χ3n) is 1.58. The van der Waals surface area contributed by atoms with Gasteiger partial charge < -0.3 is 20.2 Å². The fraction of sp³-hybridized carbons (Fsp3) is 0.444. The van der Waals surface area contributed by atoms with Crippen LogP contribution in [0, 0.1) is 0 Å².